The molecule has 188 valence electrons. The third-order valence-corrected chi connectivity index (χ3v) is 5.31. The SMILES string of the molecule is CC(C)(C)OC(=O)NC(CCC(N)=O)COCc1ccc(CCCOCCCCCBr)cc1. The minimum Gasteiger partial charge on any atom is -0.444 e. The molecule has 3 N–H and O–H groups in total. The van der Waals surface area contributed by atoms with Crippen molar-refractivity contribution >= 4 is 27.9 Å². The van der Waals surface area contributed by atoms with Crippen molar-refractivity contribution < 1.29 is 23.8 Å². The number of halogens is 1. The zero-order valence-electron chi connectivity index (χ0n) is 20.4. The molecular weight excluding hydrogens is 488 g/mol. The maximum absolute atomic E-state index is 12.1. The summed E-state index contributed by atoms with van der Waals surface area (Å²) in [4.78, 5) is 23.2. The minimum atomic E-state index is -0.597. The molecule has 0 bridgehead atoms. The predicted molar refractivity (Wildman–Crippen MR) is 134 cm³/mol. The molecule has 1 unspecified atom stereocenters. The number of carbonyl (C=O) groups excluding carboxylic acids is 2. The highest BCUT2D eigenvalue weighted by molar-refractivity contribution is 9.09. The summed E-state index contributed by atoms with van der Waals surface area (Å²) in [6.45, 7) is 7.70. The molecule has 2 amide bonds. The van der Waals surface area contributed by atoms with Crippen LogP contribution < -0.4 is 11.1 Å². The van der Waals surface area contributed by atoms with Gasteiger partial charge in [0.2, 0.25) is 5.91 Å². The number of unbranched alkanes of at least 4 members (excludes halogenated alkanes) is 2. The number of hydrogen-bond acceptors (Lipinski definition) is 5. The van der Waals surface area contributed by atoms with Gasteiger partial charge >= 0.3 is 6.09 Å². The van der Waals surface area contributed by atoms with Gasteiger partial charge in [-0.2, -0.15) is 0 Å². The molecule has 0 saturated heterocycles. The van der Waals surface area contributed by atoms with E-state index >= 15 is 0 Å². The van der Waals surface area contributed by atoms with Gasteiger partial charge in [0, 0.05) is 25.0 Å². The van der Waals surface area contributed by atoms with Crippen LogP contribution in [0.5, 0.6) is 0 Å². The van der Waals surface area contributed by atoms with Crippen molar-refractivity contribution in [2.45, 2.75) is 84.0 Å². The molecule has 7 nitrogen and oxygen atoms in total. The van der Waals surface area contributed by atoms with Crippen molar-refractivity contribution in [3.05, 3.63) is 35.4 Å². The zero-order chi connectivity index (χ0) is 24.5. The molecule has 1 atom stereocenters. The van der Waals surface area contributed by atoms with E-state index in [1.165, 1.54) is 18.4 Å². The van der Waals surface area contributed by atoms with Gasteiger partial charge in [0.05, 0.1) is 19.3 Å². The van der Waals surface area contributed by atoms with Gasteiger partial charge in [0.1, 0.15) is 5.60 Å². The summed E-state index contributed by atoms with van der Waals surface area (Å²) in [5.74, 6) is -0.415. The normalized spacial score (nSPS) is 12.4. The number of primary amides is 1. The summed E-state index contributed by atoms with van der Waals surface area (Å²) in [7, 11) is 0. The van der Waals surface area contributed by atoms with Gasteiger partial charge in [-0.05, 0) is 64.0 Å². The molecule has 0 heterocycles. The molecule has 1 aromatic rings. The lowest BCUT2D eigenvalue weighted by molar-refractivity contribution is -0.118. The Morgan fingerprint density at radius 1 is 1.00 bits per heavy atom. The average molecular weight is 530 g/mol. The number of nitrogens with one attached hydrogen (secondary N) is 1. The number of rotatable bonds is 17. The van der Waals surface area contributed by atoms with Gasteiger partial charge in [-0.15, -0.1) is 0 Å². The van der Waals surface area contributed by atoms with Crippen molar-refractivity contribution in [1.82, 2.24) is 5.32 Å². The van der Waals surface area contributed by atoms with Crippen LogP contribution in [0.3, 0.4) is 0 Å². The van der Waals surface area contributed by atoms with E-state index in [0.717, 1.165) is 43.4 Å². The molecule has 33 heavy (non-hydrogen) atoms. The summed E-state index contributed by atoms with van der Waals surface area (Å²) in [5.41, 5.74) is 6.97. The number of alkyl halides is 1. The van der Waals surface area contributed by atoms with Crippen LogP contribution in [0.4, 0.5) is 4.79 Å². The van der Waals surface area contributed by atoms with Crippen LogP contribution in [-0.2, 0) is 32.0 Å². The van der Waals surface area contributed by atoms with E-state index in [1.807, 2.05) is 0 Å². The van der Waals surface area contributed by atoms with Crippen molar-refractivity contribution in [2.75, 3.05) is 25.2 Å². The van der Waals surface area contributed by atoms with Gasteiger partial charge in [-0.3, -0.25) is 4.79 Å². The summed E-state index contributed by atoms with van der Waals surface area (Å²) in [6.07, 6.45) is 5.55. The molecule has 0 aliphatic rings. The zero-order valence-corrected chi connectivity index (χ0v) is 22.0. The summed E-state index contributed by atoms with van der Waals surface area (Å²) >= 11 is 3.44. The Balaban J connectivity index is 2.34. The molecule has 0 aliphatic heterocycles. The van der Waals surface area contributed by atoms with Crippen LogP contribution >= 0.6 is 15.9 Å². The molecule has 0 saturated carbocycles. The largest absolute Gasteiger partial charge is 0.444 e. The lowest BCUT2D eigenvalue weighted by Gasteiger charge is -2.23. The predicted octanol–water partition coefficient (Wildman–Crippen LogP) is 4.88. The highest BCUT2D eigenvalue weighted by Gasteiger charge is 2.20. The molecule has 0 radical (unpaired) electrons. The molecule has 0 aromatic heterocycles. The van der Waals surface area contributed by atoms with Crippen molar-refractivity contribution in [3.8, 4) is 0 Å². The van der Waals surface area contributed by atoms with Crippen LogP contribution in [0.25, 0.3) is 0 Å². The Labute approximate surface area is 207 Å². The summed E-state index contributed by atoms with van der Waals surface area (Å²) in [5, 5.41) is 3.83. The van der Waals surface area contributed by atoms with Gasteiger partial charge in [0.25, 0.3) is 0 Å². The molecule has 1 aromatic carbocycles. The third kappa shape index (κ3) is 16.6. The topological polar surface area (TPSA) is 99.9 Å². The number of ether oxygens (including phenoxy) is 3. The fourth-order valence-electron chi connectivity index (χ4n) is 3.06. The molecular formula is C25H41BrN2O5. The standard InChI is InChI=1S/C25H41BrN2O5/c1-25(2,3)33-24(30)28-22(13-14-23(27)29)19-32-18-21-11-9-20(10-12-21)8-7-17-31-16-6-4-5-15-26/h9-12,22H,4-8,13-19H2,1-3H3,(H2,27,29)(H,28,30). The Kier molecular flexibility index (Phi) is 15.0. The first-order chi connectivity index (χ1) is 15.7. The second-order valence-corrected chi connectivity index (χ2v) is 9.94. The fourth-order valence-corrected chi connectivity index (χ4v) is 3.46. The average Bonchev–Trinajstić information content (AvgIpc) is 2.73. The Morgan fingerprint density at radius 3 is 2.30 bits per heavy atom. The first-order valence-electron chi connectivity index (χ1n) is 11.8. The smallest absolute Gasteiger partial charge is 0.407 e. The van der Waals surface area contributed by atoms with E-state index in [1.54, 1.807) is 20.8 Å². The Bertz CT molecular complexity index is 676. The van der Waals surface area contributed by atoms with Crippen LogP contribution in [-0.4, -0.2) is 48.8 Å². The lowest BCUT2D eigenvalue weighted by Crippen LogP contribution is -2.42. The van der Waals surface area contributed by atoms with Gasteiger partial charge in [-0.25, -0.2) is 4.79 Å². The molecule has 0 spiro atoms. The second-order valence-electron chi connectivity index (χ2n) is 9.15. The highest BCUT2D eigenvalue weighted by Crippen LogP contribution is 2.11. The number of nitrogens with two attached hydrogens (primary N) is 1. The van der Waals surface area contributed by atoms with Gasteiger partial charge < -0.3 is 25.3 Å². The van der Waals surface area contributed by atoms with Crippen molar-refractivity contribution in [1.29, 1.82) is 0 Å². The molecule has 1 rings (SSSR count). The molecule has 0 fully saturated rings. The first-order valence-corrected chi connectivity index (χ1v) is 12.9. The van der Waals surface area contributed by atoms with E-state index in [9.17, 15) is 9.59 Å². The van der Waals surface area contributed by atoms with Crippen molar-refractivity contribution in [3.63, 3.8) is 0 Å². The Hall–Kier alpha value is -1.64. The number of benzene rings is 1. The number of carbonyl (C=O) groups is 2. The van der Waals surface area contributed by atoms with E-state index in [4.69, 9.17) is 19.9 Å². The van der Waals surface area contributed by atoms with Crippen LogP contribution in [0.2, 0.25) is 0 Å². The lowest BCUT2D eigenvalue weighted by atomic mass is 10.1. The van der Waals surface area contributed by atoms with E-state index in [-0.39, 0.29) is 19.1 Å². The van der Waals surface area contributed by atoms with Gasteiger partial charge in [0.15, 0.2) is 0 Å². The van der Waals surface area contributed by atoms with Crippen molar-refractivity contribution in [2.24, 2.45) is 5.73 Å². The number of amides is 2. The van der Waals surface area contributed by atoms with Crippen LogP contribution in [0.15, 0.2) is 24.3 Å². The molecule has 8 heteroatoms. The number of alkyl carbamates (subject to hydrolysis) is 1. The van der Waals surface area contributed by atoms with E-state index < -0.39 is 17.6 Å². The minimum absolute atomic E-state index is 0.166. The second kappa shape index (κ2) is 16.9. The summed E-state index contributed by atoms with van der Waals surface area (Å²) in [6, 6.07) is 7.97. The molecule has 0 aliphatic carbocycles. The van der Waals surface area contributed by atoms with E-state index in [2.05, 4.69) is 45.5 Å². The maximum Gasteiger partial charge on any atom is 0.407 e. The number of hydrogen-bond donors (Lipinski definition) is 2. The Morgan fingerprint density at radius 2 is 1.67 bits per heavy atom. The van der Waals surface area contributed by atoms with Crippen LogP contribution in [0.1, 0.15) is 70.4 Å². The maximum atomic E-state index is 12.1. The van der Waals surface area contributed by atoms with Crippen LogP contribution in [0, 0.1) is 0 Å². The first kappa shape index (κ1) is 29.4. The van der Waals surface area contributed by atoms with Gasteiger partial charge in [-0.1, -0.05) is 46.6 Å². The monoisotopic (exact) mass is 528 g/mol. The number of aryl methyl sites for hydroxylation is 1. The third-order valence-electron chi connectivity index (χ3n) is 4.75. The highest BCUT2D eigenvalue weighted by atomic mass is 79.9. The summed E-state index contributed by atoms with van der Waals surface area (Å²) < 4.78 is 16.8. The van der Waals surface area contributed by atoms with E-state index in [0.29, 0.717) is 13.0 Å². The quantitative estimate of drug-likeness (QED) is 0.221. The fraction of sp³-hybridized carbons (Fsp3) is 0.680.